The van der Waals surface area contributed by atoms with Crippen molar-refractivity contribution in [1.29, 1.82) is 0 Å². The van der Waals surface area contributed by atoms with Crippen LogP contribution in [0.2, 0.25) is 0 Å². The number of hydrogen-bond donors (Lipinski definition) is 4. The van der Waals surface area contributed by atoms with Gasteiger partial charge in [-0.05, 0) is 52.8 Å². The molecule has 4 N–H and O–H groups in total. The van der Waals surface area contributed by atoms with Crippen LogP contribution in [0.3, 0.4) is 0 Å². The number of nitrogens with one attached hydrogen (secondary N) is 3. The van der Waals surface area contributed by atoms with E-state index in [1.54, 1.807) is 18.2 Å². The summed E-state index contributed by atoms with van der Waals surface area (Å²) in [6.07, 6.45) is -0.345. The fourth-order valence-electron chi connectivity index (χ4n) is 6.68. The summed E-state index contributed by atoms with van der Waals surface area (Å²) in [7, 11) is -3.22. The van der Waals surface area contributed by atoms with Gasteiger partial charge in [-0.2, -0.15) is 4.31 Å². The maximum absolute atomic E-state index is 14.2. The normalized spacial score (nSPS) is 15.5. The summed E-state index contributed by atoms with van der Waals surface area (Å²) in [6, 6.07) is 25.2. The fourth-order valence-corrected chi connectivity index (χ4v) is 9.50. The molecule has 53 heavy (non-hydrogen) atoms. The minimum absolute atomic E-state index is 0.00759. The SMILES string of the molecule is COC(=O)N[C@H](C(=O)NCc1ccc([C@@H](CO)N(CC2CC(F)(F)C2)S(=O)(=O)c2ccc3cc[nH]c(=O)c3c2)s1)C(c1ccccc1)c1ccccc1. The number of ether oxygens (including phenoxy) is 1. The number of thiophene rings is 1. The molecule has 2 atom stereocenters. The second-order valence-electron chi connectivity index (χ2n) is 12.9. The molecular weight excluding hydrogens is 727 g/mol. The van der Waals surface area contributed by atoms with Crippen LogP contribution in [0.1, 0.15) is 45.7 Å². The zero-order valence-electron chi connectivity index (χ0n) is 28.6. The van der Waals surface area contributed by atoms with Crippen molar-refractivity contribution in [2.24, 2.45) is 5.92 Å². The molecule has 1 saturated carbocycles. The Hall–Kier alpha value is -4.96. The molecule has 11 nitrogen and oxygen atoms in total. The number of hydrogen-bond acceptors (Lipinski definition) is 8. The van der Waals surface area contributed by atoms with Gasteiger partial charge in [0.25, 0.3) is 5.56 Å². The summed E-state index contributed by atoms with van der Waals surface area (Å²) >= 11 is 1.14. The summed E-state index contributed by atoms with van der Waals surface area (Å²) in [6.45, 7) is -0.951. The predicted molar refractivity (Wildman–Crippen MR) is 196 cm³/mol. The van der Waals surface area contributed by atoms with Gasteiger partial charge in [-0.3, -0.25) is 9.59 Å². The third-order valence-corrected chi connectivity index (χ3v) is 12.4. The molecule has 278 valence electrons. The van der Waals surface area contributed by atoms with E-state index in [1.165, 1.54) is 31.5 Å². The smallest absolute Gasteiger partial charge is 0.407 e. The number of aromatic amines is 1. The number of aliphatic hydroxyl groups excluding tert-OH is 1. The Morgan fingerprint density at radius 2 is 1.66 bits per heavy atom. The second-order valence-corrected chi connectivity index (χ2v) is 16.0. The summed E-state index contributed by atoms with van der Waals surface area (Å²) in [5.74, 6) is -4.65. The number of aromatic nitrogens is 1. The van der Waals surface area contributed by atoms with Crippen molar-refractivity contribution >= 4 is 44.1 Å². The Kier molecular flexibility index (Phi) is 11.4. The number of carbonyl (C=O) groups excluding carboxylic acids is 2. The quantitative estimate of drug-likeness (QED) is 0.116. The van der Waals surface area contributed by atoms with Crippen LogP contribution in [0, 0.1) is 5.92 Å². The number of rotatable bonds is 14. The fraction of sp³-hybridized carbons (Fsp3) is 0.289. The Morgan fingerprint density at radius 3 is 2.26 bits per heavy atom. The van der Waals surface area contributed by atoms with Gasteiger partial charge in [0.2, 0.25) is 21.9 Å². The molecule has 2 aromatic heterocycles. The number of fused-ring (bicyclic) bond motifs is 1. The highest BCUT2D eigenvalue weighted by atomic mass is 32.2. The Morgan fingerprint density at radius 1 is 1.00 bits per heavy atom. The predicted octanol–water partition coefficient (Wildman–Crippen LogP) is 5.53. The van der Waals surface area contributed by atoms with Crippen molar-refractivity contribution in [3.8, 4) is 0 Å². The molecule has 1 aliphatic rings. The molecule has 0 spiro atoms. The maximum atomic E-state index is 14.2. The van der Waals surface area contributed by atoms with E-state index in [-0.39, 0.29) is 23.4 Å². The van der Waals surface area contributed by atoms with E-state index in [2.05, 4.69) is 15.6 Å². The Balaban J connectivity index is 1.27. The lowest BCUT2D eigenvalue weighted by Gasteiger charge is -2.39. The van der Waals surface area contributed by atoms with Crippen molar-refractivity contribution in [2.75, 3.05) is 20.3 Å². The lowest BCUT2D eigenvalue weighted by Crippen LogP contribution is -2.50. The number of pyridine rings is 1. The molecule has 1 aliphatic carbocycles. The molecule has 0 radical (unpaired) electrons. The number of sulfonamides is 1. The van der Waals surface area contributed by atoms with Gasteiger partial charge in [0.05, 0.1) is 31.2 Å². The van der Waals surface area contributed by atoms with E-state index < -0.39 is 76.9 Å². The van der Waals surface area contributed by atoms with Crippen LogP contribution in [0.5, 0.6) is 0 Å². The lowest BCUT2D eigenvalue weighted by atomic mass is 9.81. The highest BCUT2D eigenvalue weighted by Gasteiger charge is 2.48. The van der Waals surface area contributed by atoms with Crippen molar-refractivity contribution in [3.63, 3.8) is 0 Å². The minimum atomic E-state index is -4.42. The van der Waals surface area contributed by atoms with Gasteiger partial charge in [0, 0.05) is 46.6 Å². The highest BCUT2D eigenvalue weighted by Crippen LogP contribution is 2.45. The van der Waals surface area contributed by atoms with Gasteiger partial charge >= 0.3 is 6.09 Å². The van der Waals surface area contributed by atoms with Crippen molar-refractivity contribution in [2.45, 2.75) is 48.2 Å². The number of carbonyl (C=O) groups is 2. The molecule has 3 aromatic carbocycles. The number of aliphatic hydroxyl groups is 1. The summed E-state index contributed by atoms with van der Waals surface area (Å²) < 4.78 is 62.1. The highest BCUT2D eigenvalue weighted by molar-refractivity contribution is 7.89. The summed E-state index contributed by atoms with van der Waals surface area (Å²) in [4.78, 5) is 42.2. The van der Waals surface area contributed by atoms with Crippen molar-refractivity contribution < 1.29 is 36.6 Å². The third kappa shape index (κ3) is 8.49. The van der Waals surface area contributed by atoms with Crippen LogP contribution in [0.25, 0.3) is 10.8 Å². The molecule has 0 aliphatic heterocycles. The van der Waals surface area contributed by atoms with E-state index in [0.29, 0.717) is 15.1 Å². The molecule has 2 amide bonds. The number of alkyl halides is 2. The van der Waals surface area contributed by atoms with Crippen LogP contribution >= 0.6 is 11.3 Å². The van der Waals surface area contributed by atoms with Crippen LogP contribution in [0.15, 0.2) is 113 Å². The number of nitrogens with zero attached hydrogens (tertiary/aromatic N) is 1. The zero-order valence-corrected chi connectivity index (χ0v) is 30.2. The Labute approximate surface area is 308 Å². The van der Waals surface area contributed by atoms with E-state index in [0.717, 1.165) is 26.8 Å². The zero-order chi connectivity index (χ0) is 37.8. The van der Waals surface area contributed by atoms with Crippen LogP contribution in [-0.4, -0.2) is 67.0 Å². The average Bonchev–Trinajstić information content (AvgIpc) is 3.62. The van der Waals surface area contributed by atoms with E-state index in [1.807, 2.05) is 60.7 Å². The van der Waals surface area contributed by atoms with Gasteiger partial charge < -0.3 is 25.5 Å². The first kappa shape index (κ1) is 37.8. The standard InChI is InChI=1S/C38H38F2N4O7S2/c1-51-37(48)43-34(33(26-8-4-2-5-9-26)27-10-6-3-7-11-27)36(47)42-21-28-13-15-32(52-28)31(23-45)44(22-24-19-38(39,40)20-24)53(49,50)29-14-12-25-16-17-41-35(46)30(25)18-29/h2-18,24,31,33-34,45H,19-23H2,1H3,(H,41,46)(H,42,47)(H,43,48)/t31-,34+/m1/s1. The van der Waals surface area contributed by atoms with Gasteiger partial charge in [0.15, 0.2) is 0 Å². The summed E-state index contributed by atoms with van der Waals surface area (Å²) in [5.41, 5.74) is 1.07. The summed E-state index contributed by atoms with van der Waals surface area (Å²) in [5, 5.41) is 16.9. The van der Waals surface area contributed by atoms with Gasteiger partial charge in [-0.25, -0.2) is 22.0 Å². The molecule has 0 bridgehead atoms. The van der Waals surface area contributed by atoms with Gasteiger partial charge in [-0.1, -0.05) is 66.7 Å². The molecule has 15 heteroatoms. The van der Waals surface area contributed by atoms with E-state index in [9.17, 15) is 36.7 Å². The minimum Gasteiger partial charge on any atom is -0.453 e. The number of methoxy groups -OCH3 is 1. The third-order valence-electron chi connectivity index (χ3n) is 9.33. The number of alkyl carbamates (subject to hydrolysis) is 1. The van der Waals surface area contributed by atoms with Crippen molar-refractivity contribution in [3.05, 3.63) is 134 Å². The largest absolute Gasteiger partial charge is 0.453 e. The first-order chi connectivity index (χ1) is 25.4. The molecule has 5 aromatic rings. The number of benzene rings is 3. The number of H-pyrrole nitrogens is 1. The number of amides is 2. The molecule has 6 rings (SSSR count). The monoisotopic (exact) mass is 764 g/mol. The maximum Gasteiger partial charge on any atom is 0.407 e. The molecule has 0 unspecified atom stereocenters. The van der Waals surface area contributed by atoms with Crippen LogP contribution < -0.4 is 16.2 Å². The van der Waals surface area contributed by atoms with E-state index in [4.69, 9.17) is 4.74 Å². The topological polar surface area (TPSA) is 158 Å². The first-order valence-corrected chi connectivity index (χ1v) is 19.1. The first-order valence-electron chi connectivity index (χ1n) is 16.8. The van der Waals surface area contributed by atoms with Gasteiger partial charge in [-0.15, -0.1) is 11.3 Å². The average molecular weight is 765 g/mol. The lowest BCUT2D eigenvalue weighted by molar-refractivity contribution is -0.123. The van der Waals surface area contributed by atoms with Gasteiger partial charge in [0.1, 0.15) is 6.04 Å². The molecule has 1 fully saturated rings. The van der Waals surface area contributed by atoms with Crippen molar-refractivity contribution in [1.82, 2.24) is 19.9 Å². The number of halogens is 2. The Bertz CT molecular complexity index is 2190. The molecule has 0 saturated heterocycles. The molecular formula is C38H38F2N4O7S2. The van der Waals surface area contributed by atoms with Crippen LogP contribution in [-0.2, 0) is 26.1 Å². The van der Waals surface area contributed by atoms with E-state index >= 15 is 0 Å². The van der Waals surface area contributed by atoms with Crippen LogP contribution in [0.4, 0.5) is 13.6 Å². The molecule has 2 heterocycles. The second kappa shape index (κ2) is 16.0.